The van der Waals surface area contributed by atoms with Gasteiger partial charge in [0.25, 0.3) is 11.5 Å². The molecule has 10 nitrogen and oxygen atoms in total. The SMILES string of the molecule is Cc1c(Cc2ccc(F)c(C(=O)N3CCn4c(nnc4-c4ccc(C(F)(F)F)cc4)C3)c2)n[nH]c(=O)c1C.O=C(O)C(F)(F)F. The van der Waals surface area contributed by atoms with Gasteiger partial charge < -0.3 is 14.6 Å². The molecule has 0 bridgehead atoms. The van der Waals surface area contributed by atoms with Gasteiger partial charge in [-0.25, -0.2) is 14.3 Å². The number of carboxylic acids is 1. The first-order chi connectivity index (χ1) is 21.0. The Labute approximate surface area is 249 Å². The van der Waals surface area contributed by atoms with E-state index >= 15 is 0 Å². The van der Waals surface area contributed by atoms with Gasteiger partial charge in [0.1, 0.15) is 5.82 Å². The molecule has 45 heavy (non-hydrogen) atoms. The molecule has 1 amide bonds. The fourth-order valence-corrected chi connectivity index (χ4v) is 4.41. The van der Waals surface area contributed by atoms with Crippen LogP contribution in [-0.4, -0.2) is 59.6 Å². The van der Waals surface area contributed by atoms with E-state index in [1.54, 1.807) is 24.5 Å². The van der Waals surface area contributed by atoms with Gasteiger partial charge in [0, 0.05) is 30.6 Å². The van der Waals surface area contributed by atoms with E-state index in [1.807, 2.05) is 0 Å². The highest BCUT2D eigenvalue weighted by atomic mass is 19.4. The van der Waals surface area contributed by atoms with Gasteiger partial charge in [-0.2, -0.15) is 31.4 Å². The Balaban J connectivity index is 0.000000591. The van der Waals surface area contributed by atoms with Crippen molar-refractivity contribution in [2.45, 2.75) is 45.7 Å². The van der Waals surface area contributed by atoms with Crippen LogP contribution in [0.25, 0.3) is 11.4 Å². The molecule has 1 aliphatic heterocycles. The molecular weight excluding hydrogens is 617 g/mol. The third kappa shape index (κ3) is 7.35. The second-order valence-electron chi connectivity index (χ2n) is 9.94. The maximum Gasteiger partial charge on any atom is 0.490 e. The van der Waals surface area contributed by atoms with E-state index in [4.69, 9.17) is 9.90 Å². The third-order valence-corrected chi connectivity index (χ3v) is 7.01. The van der Waals surface area contributed by atoms with Crippen molar-refractivity contribution in [3.8, 4) is 11.4 Å². The summed E-state index contributed by atoms with van der Waals surface area (Å²) in [5.74, 6) is -3.10. The van der Waals surface area contributed by atoms with Gasteiger partial charge in [-0.1, -0.05) is 18.2 Å². The van der Waals surface area contributed by atoms with Gasteiger partial charge in [-0.3, -0.25) is 9.59 Å². The number of halogens is 7. The monoisotopic (exact) mass is 640 g/mol. The van der Waals surface area contributed by atoms with Crippen LogP contribution in [-0.2, 0) is 30.5 Å². The standard InChI is InChI=1S/C26H22F4N6O2.C2HF3O2/c1-14-15(2)24(37)34-31-21(14)12-16-3-8-20(27)19(11-16)25(38)35-9-10-36-22(13-35)32-33-23(36)17-4-6-18(7-5-17)26(28,29)30;3-2(4,5)1(6)7/h3-8,11H,9-10,12-13H2,1-2H3,(H,34,37);(H,6,7). The number of benzene rings is 2. The van der Waals surface area contributed by atoms with Crippen molar-refractivity contribution < 1.29 is 45.4 Å². The number of alkyl halides is 6. The zero-order chi connectivity index (χ0) is 33.3. The number of amides is 1. The number of fused-ring (bicyclic) bond motifs is 1. The van der Waals surface area contributed by atoms with E-state index in [1.165, 1.54) is 29.2 Å². The van der Waals surface area contributed by atoms with E-state index in [9.17, 15) is 40.3 Å². The van der Waals surface area contributed by atoms with Crippen LogP contribution < -0.4 is 5.56 Å². The largest absolute Gasteiger partial charge is 0.490 e. The summed E-state index contributed by atoms with van der Waals surface area (Å²) in [6.45, 7) is 4.07. The Kier molecular flexibility index (Phi) is 9.11. The highest BCUT2D eigenvalue weighted by Gasteiger charge is 2.38. The number of carbonyl (C=O) groups excluding carboxylic acids is 1. The number of carboxylic acid groups (broad SMARTS) is 1. The number of nitrogens with one attached hydrogen (secondary N) is 1. The number of aromatic amines is 1. The van der Waals surface area contributed by atoms with Crippen LogP contribution in [0.2, 0.25) is 0 Å². The lowest BCUT2D eigenvalue weighted by atomic mass is 10.0. The molecule has 17 heteroatoms. The average molecular weight is 641 g/mol. The fraction of sp³-hybridized carbons (Fsp3) is 0.286. The highest BCUT2D eigenvalue weighted by molar-refractivity contribution is 5.94. The molecule has 0 unspecified atom stereocenters. The number of hydrogen-bond acceptors (Lipinski definition) is 6. The van der Waals surface area contributed by atoms with Crippen molar-refractivity contribution in [2.75, 3.05) is 6.54 Å². The van der Waals surface area contributed by atoms with Crippen molar-refractivity contribution in [1.29, 1.82) is 0 Å². The van der Waals surface area contributed by atoms with Gasteiger partial charge in [-0.05, 0) is 49.2 Å². The zero-order valence-electron chi connectivity index (χ0n) is 23.4. The van der Waals surface area contributed by atoms with Crippen LogP contribution >= 0.6 is 0 Å². The minimum absolute atomic E-state index is 0.0654. The number of aromatic nitrogens is 5. The number of aliphatic carboxylic acids is 1. The molecular formula is C28H23F7N6O4. The average Bonchev–Trinajstić information content (AvgIpc) is 3.41. The maximum absolute atomic E-state index is 14.7. The molecule has 0 spiro atoms. The molecule has 0 fully saturated rings. The molecule has 0 aliphatic carbocycles. The molecule has 238 valence electrons. The first-order valence-electron chi connectivity index (χ1n) is 13.0. The molecule has 0 atom stereocenters. The Morgan fingerprint density at radius 3 is 2.20 bits per heavy atom. The summed E-state index contributed by atoms with van der Waals surface area (Å²) in [7, 11) is 0. The number of nitrogens with zero attached hydrogens (tertiary/aromatic N) is 5. The van der Waals surface area contributed by atoms with Crippen LogP contribution in [0.15, 0.2) is 47.3 Å². The minimum atomic E-state index is -5.08. The Morgan fingerprint density at radius 2 is 1.60 bits per heavy atom. The summed E-state index contributed by atoms with van der Waals surface area (Å²) < 4.78 is 86.9. The van der Waals surface area contributed by atoms with E-state index in [0.29, 0.717) is 47.0 Å². The topological polar surface area (TPSA) is 134 Å². The van der Waals surface area contributed by atoms with Crippen LogP contribution in [0.4, 0.5) is 30.7 Å². The van der Waals surface area contributed by atoms with Gasteiger partial charge in [0.15, 0.2) is 11.6 Å². The van der Waals surface area contributed by atoms with Crippen LogP contribution in [0.1, 0.15) is 44.1 Å². The van der Waals surface area contributed by atoms with Crippen LogP contribution in [0, 0.1) is 19.7 Å². The smallest absolute Gasteiger partial charge is 0.475 e. The molecule has 4 aromatic rings. The first-order valence-corrected chi connectivity index (χ1v) is 13.0. The minimum Gasteiger partial charge on any atom is -0.475 e. The summed E-state index contributed by atoms with van der Waals surface area (Å²) in [6.07, 6.45) is -9.22. The van der Waals surface area contributed by atoms with Gasteiger partial charge >= 0.3 is 18.3 Å². The van der Waals surface area contributed by atoms with Crippen molar-refractivity contribution >= 4 is 11.9 Å². The summed E-state index contributed by atoms with van der Waals surface area (Å²) >= 11 is 0. The van der Waals surface area contributed by atoms with E-state index in [2.05, 4.69) is 20.4 Å². The van der Waals surface area contributed by atoms with Crippen molar-refractivity contribution in [3.05, 3.63) is 98.0 Å². The highest BCUT2D eigenvalue weighted by Crippen LogP contribution is 2.31. The van der Waals surface area contributed by atoms with Gasteiger partial charge in [-0.15, -0.1) is 10.2 Å². The lowest BCUT2D eigenvalue weighted by Gasteiger charge is -2.28. The number of hydrogen-bond donors (Lipinski definition) is 2. The molecule has 2 N–H and O–H groups in total. The van der Waals surface area contributed by atoms with E-state index in [0.717, 1.165) is 17.7 Å². The van der Waals surface area contributed by atoms with E-state index in [-0.39, 0.29) is 24.2 Å². The second-order valence-corrected chi connectivity index (χ2v) is 9.94. The summed E-state index contributed by atoms with van der Waals surface area (Å²) in [6, 6.07) is 8.90. The van der Waals surface area contributed by atoms with Crippen molar-refractivity contribution in [1.82, 2.24) is 29.9 Å². The second kappa shape index (κ2) is 12.5. The Hall–Kier alpha value is -5.09. The molecule has 0 saturated heterocycles. The molecule has 0 saturated carbocycles. The van der Waals surface area contributed by atoms with Crippen molar-refractivity contribution in [2.24, 2.45) is 0 Å². The van der Waals surface area contributed by atoms with Gasteiger partial charge in [0.05, 0.1) is 23.4 Å². The first kappa shape index (κ1) is 32.8. The molecule has 5 rings (SSSR count). The van der Waals surface area contributed by atoms with E-state index < -0.39 is 35.6 Å². The molecule has 1 aliphatic rings. The number of rotatable bonds is 4. The summed E-state index contributed by atoms with van der Waals surface area (Å²) in [5.41, 5.74) is 1.87. The lowest BCUT2D eigenvalue weighted by Crippen LogP contribution is -2.39. The predicted molar refractivity (Wildman–Crippen MR) is 142 cm³/mol. The Bertz CT molecular complexity index is 1800. The predicted octanol–water partition coefficient (Wildman–Crippen LogP) is 4.68. The van der Waals surface area contributed by atoms with Crippen molar-refractivity contribution in [3.63, 3.8) is 0 Å². The summed E-state index contributed by atoms with van der Waals surface area (Å²) in [4.78, 5) is 35.4. The fourth-order valence-electron chi connectivity index (χ4n) is 4.41. The van der Waals surface area contributed by atoms with Crippen LogP contribution in [0.5, 0.6) is 0 Å². The molecule has 0 radical (unpaired) electrons. The number of carbonyl (C=O) groups is 2. The quantitative estimate of drug-likeness (QED) is 0.310. The molecule has 2 aromatic heterocycles. The third-order valence-electron chi connectivity index (χ3n) is 7.01. The molecule has 2 aromatic carbocycles. The summed E-state index contributed by atoms with van der Waals surface area (Å²) in [5, 5.41) is 21.9. The maximum atomic E-state index is 14.7. The zero-order valence-corrected chi connectivity index (χ0v) is 23.4. The normalized spacial score (nSPS) is 13.1. The van der Waals surface area contributed by atoms with Gasteiger partial charge in [0.2, 0.25) is 0 Å². The molecule has 3 heterocycles. The Morgan fingerprint density at radius 1 is 0.956 bits per heavy atom. The number of H-pyrrole nitrogens is 1. The lowest BCUT2D eigenvalue weighted by molar-refractivity contribution is -0.192. The van der Waals surface area contributed by atoms with Crippen LogP contribution in [0.3, 0.4) is 0 Å².